The van der Waals surface area contributed by atoms with Crippen molar-refractivity contribution >= 4 is 5.91 Å². The van der Waals surface area contributed by atoms with Crippen molar-refractivity contribution < 1.29 is 9.32 Å². The molecule has 2 rings (SSSR count). The number of piperidine rings is 1. The summed E-state index contributed by atoms with van der Waals surface area (Å²) in [6.07, 6.45) is 1.72. The van der Waals surface area contributed by atoms with Crippen LogP contribution in [0.2, 0.25) is 0 Å². The fraction of sp³-hybridized carbons (Fsp3) is 0.667. The minimum absolute atomic E-state index is 0.0518. The molecule has 0 unspecified atom stereocenters. The van der Waals surface area contributed by atoms with E-state index in [1.807, 2.05) is 13.8 Å². The van der Waals surface area contributed by atoms with Crippen LogP contribution in [0.3, 0.4) is 0 Å². The molecular formula is C12H19N3O2. The van der Waals surface area contributed by atoms with E-state index < -0.39 is 0 Å². The van der Waals surface area contributed by atoms with Crippen molar-refractivity contribution in [3.63, 3.8) is 0 Å². The number of amides is 1. The van der Waals surface area contributed by atoms with Crippen LogP contribution >= 0.6 is 0 Å². The lowest BCUT2D eigenvalue weighted by Gasteiger charge is -2.30. The number of nitrogens with zero attached hydrogens (tertiary/aromatic N) is 2. The molecule has 1 aromatic rings. The number of aryl methyl sites for hydroxylation is 2. The molecule has 0 aliphatic carbocycles. The maximum Gasteiger partial charge on any atom is 0.220 e. The minimum Gasteiger partial charge on any atom is -0.369 e. The van der Waals surface area contributed by atoms with Gasteiger partial charge in [-0.05, 0) is 39.8 Å². The molecule has 1 fully saturated rings. The average molecular weight is 237 g/mol. The maximum atomic E-state index is 11.1. The Hall–Kier alpha value is -1.36. The van der Waals surface area contributed by atoms with Crippen molar-refractivity contribution in [3.8, 4) is 0 Å². The predicted octanol–water partition coefficient (Wildman–Crippen LogP) is 0.989. The van der Waals surface area contributed by atoms with Crippen molar-refractivity contribution in [1.29, 1.82) is 0 Å². The van der Waals surface area contributed by atoms with Crippen LogP contribution in [-0.4, -0.2) is 29.1 Å². The van der Waals surface area contributed by atoms with E-state index >= 15 is 0 Å². The first-order valence-corrected chi connectivity index (χ1v) is 6.01. The number of rotatable bonds is 3. The molecule has 0 atom stereocenters. The van der Waals surface area contributed by atoms with E-state index in [1.54, 1.807) is 0 Å². The van der Waals surface area contributed by atoms with Crippen LogP contribution < -0.4 is 5.73 Å². The standard InChI is InChI=1S/C12H19N3O2/c1-8-11(9(2)17-14-8)7-15-5-3-10(4-6-15)12(13)16/h10H,3-7H2,1-2H3,(H2,13,16). The normalized spacial score (nSPS) is 18.5. The van der Waals surface area contributed by atoms with E-state index in [1.165, 1.54) is 5.56 Å². The molecule has 1 aliphatic heterocycles. The van der Waals surface area contributed by atoms with Gasteiger partial charge in [0.25, 0.3) is 0 Å². The number of hydrogen-bond acceptors (Lipinski definition) is 4. The Morgan fingerprint density at radius 1 is 1.47 bits per heavy atom. The van der Waals surface area contributed by atoms with Gasteiger partial charge >= 0.3 is 0 Å². The highest BCUT2D eigenvalue weighted by molar-refractivity contribution is 5.76. The van der Waals surface area contributed by atoms with Crippen LogP contribution in [0, 0.1) is 19.8 Å². The molecular weight excluding hydrogens is 218 g/mol. The fourth-order valence-corrected chi connectivity index (χ4v) is 2.33. The molecule has 1 aliphatic rings. The number of nitrogens with two attached hydrogens (primary N) is 1. The molecule has 1 amide bonds. The van der Waals surface area contributed by atoms with E-state index in [0.717, 1.165) is 43.9 Å². The highest BCUT2D eigenvalue weighted by Gasteiger charge is 2.24. The second-order valence-corrected chi connectivity index (χ2v) is 4.76. The van der Waals surface area contributed by atoms with Crippen LogP contribution in [0.5, 0.6) is 0 Å². The lowest BCUT2D eigenvalue weighted by atomic mass is 9.96. The van der Waals surface area contributed by atoms with Crippen LogP contribution in [0.1, 0.15) is 29.9 Å². The van der Waals surface area contributed by atoms with Gasteiger partial charge in [0.05, 0.1) is 5.69 Å². The zero-order chi connectivity index (χ0) is 12.4. The number of carbonyl (C=O) groups is 1. The fourth-order valence-electron chi connectivity index (χ4n) is 2.33. The Morgan fingerprint density at radius 3 is 2.59 bits per heavy atom. The molecule has 0 aromatic carbocycles. The summed E-state index contributed by atoms with van der Waals surface area (Å²) >= 11 is 0. The minimum atomic E-state index is -0.165. The zero-order valence-corrected chi connectivity index (χ0v) is 10.4. The molecule has 0 radical (unpaired) electrons. The predicted molar refractivity (Wildman–Crippen MR) is 63.2 cm³/mol. The molecule has 1 aromatic heterocycles. The monoisotopic (exact) mass is 237 g/mol. The third-order valence-electron chi connectivity index (χ3n) is 3.55. The first kappa shape index (κ1) is 12.1. The highest BCUT2D eigenvalue weighted by Crippen LogP contribution is 2.21. The average Bonchev–Trinajstić information content (AvgIpc) is 2.61. The largest absolute Gasteiger partial charge is 0.369 e. The summed E-state index contributed by atoms with van der Waals surface area (Å²) in [5, 5.41) is 3.95. The Kier molecular flexibility index (Phi) is 3.47. The van der Waals surface area contributed by atoms with Crippen molar-refractivity contribution in [2.45, 2.75) is 33.2 Å². The van der Waals surface area contributed by atoms with Gasteiger partial charge in [0, 0.05) is 18.0 Å². The van der Waals surface area contributed by atoms with E-state index in [9.17, 15) is 4.79 Å². The Labute approximate surface area is 101 Å². The second-order valence-electron chi connectivity index (χ2n) is 4.76. The summed E-state index contributed by atoms with van der Waals surface area (Å²) in [5.41, 5.74) is 7.44. The quantitative estimate of drug-likeness (QED) is 0.850. The van der Waals surface area contributed by atoms with E-state index in [-0.39, 0.29) is 11.8 Å². The molecule has 2 heterocycles. The third kappa shape index (κ3) is 2.66. The van der Waals surface area contributed by atoms with Crippen LogP contribution in [0.15, 0.2) is 4.52 Å². The van der Waals surface area contributed by atoms with Gasteiger partial charge in [-0.25, -0.2) is 0 Å². The molecule has 0 bridgehead atoms. The third-order valence-corrected chi connectivity index (χ3v) is 3.55. The van der Waals surface area contributed by atoms with Crippen LogP contribution in [0.25, 0.3) is 0 Å². The molecule has 5 heteroatoms. The van der Waals surface area contributed by atoms with Crippen molar-refractivity contribution in [3.05, 3.63) is 17.0 Å². The van der Waals surface area contributed by atoms with E-state index in [4.69, 9.17) is 10.3 Å². The lowest BCUT2D eigenvalue weighted by molar-refractivity contribution is -0.123. The summed E-state index contributed by atoms with van der Waals surface area (Å²) < 4.78 is 5.15. The lowest BCUT2D eigenvalue weighted by Crippen LogP contribution is -2.38. The Morgan fingerprint density at radius 2 is 2.12 bits per heavy atom. The van der Waals surface area contributed by atoms with Gasteiger partial charge in [0.15, 0.2) is 0 Å². The van der Waals surface area contributed by atoms with Gasteiger partial charge in [0.1, 0.15) is 5.76 Å². The number of primary amides is 1. The summed E-state index contributed by atoms with van der Waals surface area (Å²) in [4.78, 5) is 13.4. The van der Waals surface area contributed by atoms with Crippen molar-refractivity contribution in [1.82, 2.24) is 10.1 Å². The van der Waals surface area contributed by atoms with Gasteiger partial charge in [0.2, 0.25) is 5.91 Å². The number of carbonyl (C=O) groups excluding carboxylic acids is 1. The van der Waals surface area contributed by atoms with Crippen LogP contribution in [-0.2, 0) is 11.3 Å². The van der Waals surface area contributed by atoms with E-state index in [2.05, 4.69) is 10.1 Å². The number of aromatic nitrogens is 1. The van der Waals surface area contributed by atoms with Gasteiger partial charge in [-0.3, -0.25) is 9.69 Å². The highest BCUT2D eigenvalue weighted by atomic mass is 16.5. The first-order valence-electron chi connectivity index (χ1n) is 6.01. The molecule has 5 nitrogen and oxygen atoms in total. The second kappa shape index (κ2) is 4.87. The van der Waals surface area contributed by atoms with Crippen molar-refractivity contribution in [2.24, 2.45) is 11.7 Å². The maximum absolute atomic E-state index is 11.1. The molecule has 2 N–H and O–H groups in total. The molecule has 1 saturated heterocycles. The summed E-state index contributed by atoms with van der Waals surface area (Å²) in [6.45, 7) is 6.58. The first-order chi connectivity index (χ1) is 8.08. The summed E-state index contributed by atoms with van der Waals surface area (Å²) in [7, 11) is 0. The topological polar surface area (TPSA) is 72.4 Å². The van der Waals surface area contributed by atoms with Crippen molar-refractivity contribution in [2.75, 3.05) is 13.1 Å². The van der Waals surface area contributed by atoms with Gasteiger partial charge in [-0.2, -0.15) is 0 Å². The molecule has 0 spiro atoms. The molecule has 0 saturated carbocycles. The number of hydrogen-bond donors (Lipinski definition) is 1. The number of likely N-dealkylation sites (tertiary alicyclic amines) is 1. The Bertz CT molecular complexity index is 386. The van der Waals surface area contributed by atoms with Crippen LogP contribution in [0.4, 0.5) is 0 Å². The zero-order valence-electron chi connectivity index (χ0n) is 10.4. The molecule has 94 valence electrons. The van der Waals surface area contributed by atoms with Gasteiger partial charge < -0.3 is 10.3 Å². The SMILES string of the molecule is Cc1noc(C)c1CN1CCC(C(N)=O)CC1. The smallest absolute Gasteiger partial charge is 0.220 e. The Balaban J connectivity index is 1.92. The van der Waals surface area contributed by atoms with E-state index in [0.29, 0.717) is 0 Å². The van der Waals surface area contributed by atoms with Gasteiger partial charge in [-0.15, -0.1) is 0 Å². The summed E-state index contributed by atoms with van der Waals surface area (Å²) in [6, 6.07) is 0. The molecule has 17 heavy (non-hydrogen) atoms. The van der Waals surface area contributed by atoms with Gasteiger partial charge in [-0.1, -0.05) is 5.16 Å². The summed E-state index contributed by atoms with van der Waals surface area (Å²) in [5.74, 6) is 0.775.